The van der Waals surface area contributed by atoms with Crippen molar-refractivity contribution in [3.05, 3.63) is 24.4 Å². The van der Waals surface area contributed by atoms with Crippen molar-refractivity contribution in [2.24, 2.45) is 0 Å². The highest BCUT2D eigenvalue weighted by Gasteiger charge is 2.06. The van der Waals surface area contributed by atoms with Crippen molar-refractivity contribution in [2.45, 2.75) is 26.8 Å². The molecule has 0 amide bonds. The lowest BCUT2D eigenvalue weighted by molar-refractivity contribution is 0.294. The van der Waals surface area contributed by atoms with E-state index in [9.17, 15) is 0 Å². The molecule has 0 bridgehead atoms. The van der Waals surface area contributed by atoms with E-state index < -0.39 is 0 Å². The Bertz CT molecular complexity index is 257. The SMILES string of the molecule is CCN(CC)CC(C)Nc1ccccn1. The van der Waals surface area contributed by atoms with Gasteiger partial charge in [-0.05, 0) is 32.1 Å². The lowest BCUT2D eigenvalue weighted by atomic mass is 10.3. The Morgan fingerprint density at radius 2 is 2.07 bits per heavy atom. The number of nitrogens with one attached hydrogen (secondary N) is 1. The molecule has 0 aliphatic carbocycles. The number of pyridine rings is 1. The van der Waals surface area contributed by atoms with Crippen LogP contribution in [-0.2, 0) is 0 Å². The van der Waals surface area contributed by atoms with E-state index in [2.05, 4.69) is 36.0 Å². The van der Waals surface area contributed by atoms with Gasteiger partial charge < -0.3 is 10.2 Å². The van der Waals surface area contributed by atoms with E-state index in [4.69, 9.17) is 0 Å². The Kier molecular flexibility index (Phi) is 5.12. The van der Waals surface area contributed by atoms with Gasteiger partial charge in [0.25, 0.3) is 0 Å². The highest BCUT2D eigenvalue weighted by atomic mass is 15.1. The van der Waals surface area contributed by atoms with Crippen LogP contribution in [0.15, 0.2) is 24.4 Å². The maximum Gasteiger partial charge on any atom is 0.126 e. The molecule has 1 atom stereocenters. The van der Waals surface area contributed by atoms with Crippen LogP contribution in [0.3, 0.4) is 0 Å². The molecule has 1 aromatic rings. The van der Waals surface area contributed by atoms with Gasteiger partial charge in [0.05, 0.1) is 0 Å². The largest absolute Gasteiger partial charge is 0.366 e. The molecular weight excluding hydrogens is 186 g/mol. The molecule has 0 saturated carbocycles. The molecule has 84 valence electrons. The Morgan fingerprint density at radius 1 is 1.33 bits per heavy atom. The molecule has 0 aliphatic rings. The van der Waals surface area contributed by atoms with Crippen LogP contribution in [0, 0.1) is 0 Å². The van der Waals surface area contributed by atoms with Gasteiger partial charge in [-0.25, -0.2) is 4.98 Å². The van der Waals surface area contributed by atoms with E-state index in [1.165, 1.54) is 0 Å². The summed E-state index contributed by atoms with van der Waals surface area (Å²) in [5.41, 5.74) is 0. The van der Waals surface area contributed by atoms with Gasteiger partial charge in [-0.1, -0.05) is 19.9 Å². The van der Waals surface area contributed by atoms with Crippen molar-refractivity contribution in [2.75, 3.05) is 25.0 Å². The second kappa shape index (κ2) is 6.40. The van der Waals surface area contributed by atoms with Gasteiger partial charge in [-0.3, -0.25) is 0 Å². The van der Waals surface area contributed by atoms with Crippen molar-refractivity contribution in [3.8, 4) is 0 Å². The van der Waals surface area contributed by atoms with E-state index in [0.29, 0.717) is 6.04 Å². The molecule has 3 nitrogen and oxygen atoms in total. The second-order valence-electron chi connectivity index (χ2n) is 3.75. The molecule has 3 heteroatoms. The molecule has 0 aromatic carbocycles. The van der Waals surface area contributed by atoms with Crippen molar-refractivity contribution in [1.29, 1.82) is 0 Å². The Labute approximate surface area is 92.5 Å². The molecule has 1 aromatic heterocycles. The molecule has 0 radical (unpaired) electrons. The summed E-state index contributed by atoms with van der Waals surface area (Å²) in [5, 5.41) is 3.39. The monoisotopic (exact) mass is 207 g/mol. The second-order valence-corrected chi connectivity index (χ2v) is 3.75. The predicted molar refractivity (Wildman–Crippen MR) is 65.1 cm³/mol. The Balaban J connectivity index is 2.39. The van der Waals surface area contributed by atoms with E-state index in [1.54, 1.807) is 0 Å². The van der Waals surface area contributed by atoms with Crippen LogP contribution < -0.4 is 5.32 Å². The summed E-state index contributed by atoms with van der Waals surface area (Å²) in [7, 11) is 0. The van der Waals surface area contributed by atoms with E-state index in [1.807, 2.05) is 24.4 Å². The zero-order chi connectivity index (χ0) is 11.1. The quantitative estimate of drug-likeness (QED) is 0.775. The first kappa shape index (κ1) is 12.0. The fourth-order valence-corrected chi connectivity index (χ4v) is 1.62. The fourth-order valence-electron chi connectivity index (χ4n) is 1.62. The summed E-state index contributed by atoms with van der Waals surface area (Å²) in [5.74, 6) is 0.956. The highest BCUT2D eigenvalue weighted by molar-refractivity contribution is 5.34. The third kappa shape index (κ3) is 4.30. The van der Waals surface area contributed by atoms with Crippen LogP contribution >= 0.6 is 0 Å². The fraction of sp³-hybridized carbons (Fsp3) is 0.583. The molecular formula is C12H21N3. The predicted octanol–water partition coefficient (Wildman–Crippen LogP) is 2.22. The maximum absolute atomic E-state index is 4.25. The van der Waals surface area contributed by atoms with Gasteiger partial charge in [0.2, 0.25) is 0 Å². The summed E-state index contributed by atoms with van der Waals surface area (Å²) in [6, 6.07) is 6.36. The standard InChI is InChI=1S/C12H21N3/c1-4-15(5-2)10-11(3)14-12-8-6-7-9-13-12/h6-9,11H,4-5,10H2,1-3H3,(H,13,14). The van der Waals surface area contributed by atoms with Crippen LogP contribution in [-0.4, -0.2) is 35.6 Å². The lowest BCUT2D eigenvalue weighted by Crippen LogP contribution is -2.34. The number of likely N-dealkylation sites (N-methyl/N-ethyl adjacent to an activating group) is 1. The Morgan fingerprint density at radius 3 is 2.60 bits per heavy atom. The van der Waals surface area contributed by atoms with Gasteiger partial charge in [-0.15, -0.1) is 0 Å². The maximum atomic E-state index is 4.25. The number of hydrogen-bond acceptors (Lipinski definition) is 3. The first-order valence-electron chi connectivity index (χ1n) is 5.66. The van der Waals surface area contributed by atoms with E-state index >= 15 is 0 Å². The van der Waals surface area contributed by atoms with Crippen LogP contribution in [0.2, 0.25) is 0 Å². The zero-order valence-electron chi connectivity index (χ0n) is 9.90. The van der Waals surface area contributed by atoms with E-state index in [0.717, 1.165) is 25.5 Å². The zero-order valence-corrected chi connectivity index (χ0v) is 9.90. The molecule has 0 saturated heterocycles. The van der Waals surface area contributed by atoms with Crippen LogP contribution in [0.4, 0.5) is 5.82 Å². The normalized spacial score (nSPS) is 12.8. The minimum atomic E-state index is 0.430. The van der Waals surface area contributed by atoms with Crippen LogP contribution in [0.1, 0.15) is 20.8 Å². The van der Waals surface area contributed by atoms with Gasteiger partial charge in [-0.2, -0.15) is 0 Å². The number of aromatic nitrogens is 1. The third-order valence-corrected chi connectivity index (χ3v) is 2.49. The number of anilines is 1. The molecule has 1 N–H and O–H groups in total. The number of nitrogens with zero attached hydrogens (tertiary/aromatic N) is 2. The van der Waals surface area contributed by atoms with Gasteiger partial charge >= 0.3 is 0 Å². The average Bonchev–Trinajstić information content (AvgIpc) is 2.27. The third-order valence-electron chi connectivity index (χ3n) is 2.49. The average molecular weight is 207 g/mol. The minimum absolute atomic E-state index is 0.430. The summed E-state index contributed by atoms with van der Waals surface area (Å²) in [4.78, 5) is 6.65. The lowest BCUT2D eigenvalue weighted by Gasteiger charge is -2.23. The highest BCUT2D eigenvalue weighted by Crippen LogP contribution is 2.03. The number of hydrogen-bond donors (Lipinski definition) is 1. The molecule has 1 unspecified atom stereocenters. The molecule has 0 fully saturated rings. The van der Waals surface area contributed by atoms with Crippen LogP contribution in [0.25, 0.3) is 0 Å². The van der Waals surface area contributed by atoms with Crippen molar-refractivity contribution >= 4 is 5.82 Å². The van der Waals surface area contributed by atoms with Gasteiger partial charge in [0.1, 0.15) is 5.82 Å². The van der Waals surface area contributed by atoms with E-state index in [-0.39, 0.29) is 0 Å². The summed E-state index contributed by atoms with van der Waals surface area (Å²) in [6.07, 6.45) is 1.81. The minimum Gasteiger partial charge on any atom is -0.366 e. The van der Waals surface area contributed by atoms with Gasteiger partial charge in [0.15, 0.2) is 0 Å². The summed E-state index contributed by atoms with van der Waals surface area (Å²) < 4.78 is 0. The smallest absolute Gasteiger partial charge is 0.126 e. The Hall–Kier alpha value is -1.09. The topological polar surface area (TPSA) is 28.2 Å². The number of rotatable bonds is 6. The van der Waals surface area contributed by atoms with Crippen molar-refractivity contribution in [1.82, 2.24) is 9.88 Å². The first-order valence-corrected chi connectivity index (χ1v) is 5.66. The molecule has 0 aliphatic heterocycles. The molecule has 0 spiro atoms. The van der Waals surface area contributed by atoms with Gasteiger partial charge in [0, 0.05) is 18.8 Å². The molecule has 1 heterocycles. The van der Waals surface area contributed by atoms with Crippen molar-refractivity contribution < 1.29 is 0 Å². The van der Waals surface area contributed by atoms with Crippen molar-refractivity contribution in [3.63, 3.8) is 0 Å². The first-order chi connectivity index (χ1) is 7.26. The summed E-state index contributed by atoms with van der Waals surface area (Å²) >= 11 is 0. The summed E-state index contributed by atoms with van der Waals surface area (Å²) in [6.45, 7) is 9.83. The molecule has 15 heavy (non-hydrogen) atoms. The van der Waals surface area contributed by atoms with Crippen LogP contribution in [0.5, 0.6) is 0 Å². The molecule has 1 rings (SSSR count).